The lowest BCUT2D eigenvalue weighted by atomic mass is 9.95. The summed E-state index contributed by atoms with van der Waals surface area (Å²) in [6, 6.07) is 18.4. The minimum atomic E-state index is -0.841. The first-order valence-electron chi connectivity index (χ1n) is 10.7. The van der Waals surface area contributed by atoms with Gasteiger partial charge in [-0.1, -0.05) is 43.0 Å². The molecule has 0 saturated carbocycles. The first kappa shape index (κ1) is 21.3. The molecule has 7 heteroatoms. The van der Waals surface area contributed by atoms with Crippen LogP contribution in [-0.2, 0) is 11.3 Å². The number of Topliss-reactive ketones (excluding diaryl/α,β-unsaturated/α-hetero) is 1. The van der Waals surface area contributed by atoms with Crippen molar-refractivity contribution in [1.82, 2.24) is 4.90 Å². The third kappa shape index (κ3) is 3.77. The molecule has 1 atom stereocenters. The van der Waals surface area contributed by atoms with Crippen molar-refractivity contribution < 1.29 is 28.3 Å². The van der Waals surface area contributed by atoms with Gasteiger partial charge >= 0.3 is 0 Å². The van der Waals surface area contributed by atoms with Gasteiger partial charge < -0.3 is 23.6 Å². The van der Waals surface area contributed by atoms with Gasteiger partial charge in [-0.2, -0.15) is 0 Å². The van der Waals surface area contributed by atoms with E-state index < -0.39 is 23.5 Å². The molecule has 0 fully saturated rings. The fourth-order valence-corrected chi connectivity index (χ4v) is 4.09. The lowest BCUT2D eigenvalue weighted by molar-refractivity contribution is -0.130. The Kier molecular flexibility index (Phi) is 5.51. The summed E-state index contributed by atoms with van der Waals surface area (Å²) in [6.07, 6.45) is 3.14. The minimum Gasteiger partial charge on any atom is -0.503 e. The van der Waals surface area contributed by atoms with E-state index in [1.165, 1.54) is 11.2 Å². The van der Waals surface area contributed by atoms with Crippen LogP contribution in [0.1, 0.15) is 27.9 Å². The number of amides is 1. The fourth-order valence-electron chi connectivity index (χ4n) is 4.09. The van der Waals surface area contributed by atoms with Gasteiger partial charge in [-0.15, -0.1) is 0 Å². The summed E-state index contributed by atoms with van der Waals surface area (Å²) in [5.74, 6) is -0.632. The minimum absolute atomic E-state index is 0.0460. The fraction of sp³-hybridized carbons (Fsp3) is 0.111. The van der Waals surface area contributed by atoms with E-state index in [1.807, 2.05) is 12.1 Å². The summed E-state index contributed by atoms with van der Waals surface area (Å²) in [5, 5.41) is 11.6. The molecule has 170 valence electrons. The average molecular weight is 455 g/mol. The Morgan fingerprint density at radius 1 is 1.12 bits per heavy atom. The molecule has 1 aliphatic heterocycles. The van der Waals surface area contributed by atoms with Gasteiger partial charge in [0.2, 0.25) is 5.78 Å². The average Bonchev–Trinajstić information content (AvgIpc) is 3.58. The Morgan fingerprint density at radius 2 is 1.91 bits per heavy atom. The summed E-state index contributed by atoms with van der Waals surface area (Å²) in [4.78, 5) is 28.1. The molecule has 2 aromatic heterocycles. The van der Waals surface area contributed by atoms with E-state index in [9.17, 15) is 14.7 Å². The highest BCUT2D eigenvalue weighted by Gasteiger charge is 2.44. The van der Waals surface area contributed by atoms with Crippen molar-refractivity contribution in [2.45, 2.75) is 12.6 Å². The predicted octanol–water partition coefficient (Wildman–Crippen LogP) is 5.37. The number of benzene rings is 2. The SMILES string of the molecule is C=CCOc1ccc(C2C(C(=O)c3cc4ccccc4o3)=C(O)C(=O)N2Cc2ccco2)cc1. The summed E-state index contributed by atoms with van der Waals surface area (Å²) < 4.78 is 16.7. The molecular weight excluding hydrogens is 434 g/mol. The van der Waals surface area contributed by atoms with E-state index in [-0.39, 0.29) is 17.9 Å². The van der Waals surface area contributed by atoms with Crippen molar-refractivity contribution in [3.8, 4) is 5.75 Å². The van der Waals surface area contributed by atoms with Crippen molar-refractivity contribution in [2.75, 3.05) is 6.61 Å². The first-order chi connectivity index (χ1) is 16.6. The lowest BCUT2D eigenvalue weighted by Gasteiger charge is -2.26. The van der Waals surface area contributed by atoms with Crippen LogP contribution in [0.2, 0.25) is 0 Å². The van der Waals surface area contributed by atoms with E-state index in [1.54, 1.807) is 60.7 Å². The number of carbonyl (C=O) groups is 2. The zero-order valence-corrected chi connectivity index (χ0v) is 18.1. The molecule has 1 amide bonds. The lowest BCUT2D eigenvalue weighted by Crippen LogP contribution is -2.30. The quantitative estimate of drug-likeness (QED) is 0.284. The Labute approximate surface area is 195 Å². The molecule has 4 aromatic rings. The van der Waals surface area contributed by atoms with Crippen LogP contribution in [-0.4, -0.2) is 28.3 Å². The number of aliphatic hydroxyl groups excluding tert-OH is 1. The van der Waals surface area contributed by atoms with Gasteiger partial charge in [-0.25, -0.2) is 0 Å². The molecule has 5 rings (SSSR count). The molecule has 0 bridgehead atoms. The van der Waals surface area contributed by atoms with E-state index in [0.717, 1.165) is 5.39 Å². The van der Waals surface area contributed by atoms with Crippen molar-refractivity contribution in [3.63, 3.8) is 0 Å². The van der Waals surface area contributed by atoms with Gasteiger partial charge in [-0.05, 0) is 42.0 Å². The normalized spacial score (nSPS) is 15.8. The molecule has 1 unspecified atom stereocenters. The highest BCUT2D eigenvalue weighted by molar-refractivity contribution is 6.16. The molecule has 0 aliphatic carbocycles. The number of fused-ring (bicyclic) bond motifs is 1. The highest BCUT2D eigenvalue weighted by atomic mass is 16.5. The van der Waals surface area contributed by atoms with Gasteiger partial charge in [-0.3, -0.25) is 9.59 Å². The zero-order chi connectivity index (χ0) is 23.7. The number of aliphatic hydroxyl groups is 1. The maximum absolute atomic E-state index is 13.6. The van der Waals surface area contributed by atoms with Gasteiger partial charge in [0.15, 0.2) is 11.5 Å². The predicted molar refractivity (Wildman–Crippen MR) is 124 cm³/mol. The number of ketones is 1. The number of ether oxygens (including phenoxy) is 1. The third-order valence-corrected chi connectivity index (χ3v) is 5.67. The number of para-hydroxylation sites is 1. The van der Waals surface area contributed by atoms with Gasteiger partial charge in [0, 0.05) is 5.39 Å². The molecule has 0 saturated heterocycles. The number of hydrogen-bond acceptors (Lipinski definition) is 6. The van der Waals surface area contributed by atoms with Crippen LogP contribution in [0.25, 0.3) is 11.0 Å². The largest absolute Gasteiger partial charge is 0.503 e. The van der Waals surface area contributed by atoms with Crippen LogP contribution in [0.15, 0.2) is 106 Å². The number of rotatable bonds is 8. The molecule has 3 heterocycles. The second-order valence-electron chi connectivity index (χ2n) is 7.82. The second kappa shape index (κ2) is 8.78. The monoisotopic (exact) mass is 455 g/mol. The molecule has 0 radical (unpaired) electrons. The van der Waals surface area contributed by atoms with Gasteiger partial charge in [0.1, 0.15) is 23.7 Å². The maximum atomic E-state index is 13.6. The Hall–Kier alpha value is -4.52. The third-order valence-electron chi connectivity index (χ3n) is 5.67. The smallest absolute Gasteiger partial charge is 0.290 e. The summed E-state index contributed by atoms with van der Waals surface area (Å²) in [5.41, 5.74) is 1.13. The topological polar surface area (TPSA) is 93.1 Å². The zero-order valence-electron chi connectivity index (χ0n) is 18.1. The van der Waals surface area contributed by atoms with E-state index >= 15 is 0 Å². The molecule has 1 aliphatic rings. The number of nitrogens with zero attached hydrogens (tertiary/aromatic N) is 1. The Balaban J connectivity index is 1.56. The molecule has 34 heavy (non-hydrogen) atoms. The van der Waals surface area contributed by atoms with Gasteiger partial charge in [0.25, 0.3) is 5.91 Å². The van der Waals surface area contributed by atoms with E-state index in [2.05, 4.69) is 6.58 Å². The molecule has 0 spiro atoms. The first-order valence-corrected chi connectivity index (χ1v) is 10.7. The van der Waals surface area contributed by atoms with Crippen LogP contribution in [0, 0.1) is 0 Å². The van der Waals surface area contributed by atoms with Crippen molar-refractivity contribution in [1.29, 1.82) is 0 Å². The van der Waals surface area contributed by atoms with Crippen LogP contribution >= 0.6 is 0 Å². The molecule has 7 nitrogen and oxygen atoms in total. The summed E-state index contributed by atoms with van der Waals surface area (Å²) in [6.45, 7) is 4.06. The number of hydrogen-bond donors (Lipinski definition) is 1. The Bertz CT molecular complexity index is 1360. The van der Waals surface area contributed by atoms with Crippen LogP contribution in [0.5, 0.6) is 5.75 Å². The number of carbonyl (C=O) groups excluding carboxylic acids is 2. The maximum Gasteiger partial charge on any atom is 0.290 e. The molecule has 1 N–H and O–H groups in total. The van der Waals surface area contributed by atoms with Crippen molar-refractivity contribution in [2.24, 2.45) is 0 Å². The summed E-state index contributed by atoms with van der Waals surface area (Å²) >= 11 is 0. The van der Waals surface area contributed by atoms with E-state index in [4.69, 9.17) is 13.6 Å². The van der Waals surface area contributed by atoms with Crippen molar-refractivity contribution in [3.05, 3.63) is 114 Å². The molecular formula is C27H21NO6. The number of furan rings is 2. The standard InChI is InChI=1S/C27H21NO6/c1-2-13-32-19-11-9-17(10-12-19)24-23(25(29)22-15-18-6-3-4-8-21(18)34-22)26(30)27(31)28(24)16-20-7-5-14-33-20/h2-12,14-15,24,30H,1,13,16H2. The van der Waals surface area contributed by atoms with Crippen LogP contribution in [0.4, 0.5) is 0 Å². The summed E-state index contributed by atoms with van der Waals surface area (Å²) in [7, 11) is 0. The van der Waals surface area contributed by atoms with Crippen molar-refractivity contribution >= 4 is 22.7 Å². The highest BCUT2D eigenvalue weighted by Crippen LogP contribution is 2.41. The second-order valence-corrected chi connectivity index (χ2v) is 7.82. The van der Waals surface area contributed by atoms with Crippen LogP contribution in [0.3, 0.4) is 0 Å². The Morgan fingerprint density at radius 3 is 2.62 bits per heavy atom. The van der Waals surface area contributed by atoms with Gasteiger partial charge in [0.05, 0.1) is 24.4 Å². The van der Waals surface area contributed by atoms with Crippen LogP contribution < -0.4 is 4.74 Å². The molecule has 2 aromatic carbocycles. The van der Waals surface area contributed by atoms with E-state index in [0.29, 0.717) is 29.3 Å².